The summed E-state index contributed by atoms with van der Waals surface area (Å²) >= 11 is 13.5. The fraction of sp³-hybridized carbons (Fsp3) is 0.317. The molecule has 11 heteroatoms. The Balaban J connectivity index is 0.885. The topological polar surface area (TPSA) is 97.4 Å². The highest BCUT2D eigenvalue weighted by molar-refractivity contribution is 6.19. The van der Waals surface area contributed by atoms with Crippen LogP contribution >= 0.6 is 23.2 Å². The number of alkyl halides is 2. The van der Waals surface area contributed by atoms with Crippen LogP contribution in [0.4, 0.5) is 10.5 Å². The number of hydrogen-bond acceptors (Lipinski definition) is 6. The van der Waals surface area contributed by atoms with Crippen molar-refractivity contribution in [3.8, 4) is 5.75 Å². The van der Waals surface area contributed by atoms with Gasteiger partial charge in [0.25, 0.3) is 0 Å². The zero-order chi connectivity index (χ0) is 48.4. The van der Waals surface area contributed by atoms with E-state index in [0.29, 0.717) is 49.5 Å². The van der Waals surface area contributed by atoms with E-state index in [1.165, 1.54) is 16.7 Å². The van der Waals surface area contributed by atoms with Gasteiger partial charge in [0, 0.05) is 96.2 Å². The van der Waals surface area contributed by atoms with E-state index in [1.807, 2.05) is 72.8 Å². The predicted molar refractivity (Wildman–Crippen MR) is 281 cm³/mol. The number of amides is 3. The van der Waals surface area contributed by atoms with E-state index in [4.69, 9.17) is 37.4 Å². The van der Waals surface area contributed by atoms with Gasteiger partial charge in [0.1, 0.15) is 31.3 Å². The number of anilines is 1. The summed E-state index contributed by atoms with van der Waals surface area (Å²) in [4.78, 5) is 47.8. The monoisotopic (exact) mass is 985 g/mol. The molecule has 7 aliphatic rings. The Hall–Kier alpha value is -6.55. The molecule has 4 aromatic carbocycles. The molecule has 0 saturated heterocycles. The van der Waals surface area contributed by atoms with Crippen LogP contribution in [0.3, 0.4) is 0 Å². The third-order valence-corrected chi connectivity index (χ3v) is 15.9. The molecule has 0 saturated carbocycles. The average Bonchev–Trinajstić information content (AvgIpc) is 4.09. The average molecular weight is 987 g/mol. The number of nitrogens with one attached hydrogen (secondary N) is 1. The summed E-state index contributed by atoms with van der Waals surface area (Å²) in [6.45, 7) is 1.60. The fourth-order valence-electron chi connectivity index (χ4n) is 11.8. The van der Waals surface area contributed by atoms with Crippen LogP contribution in [-0.2, 0) is 25.7 Å². The molecule has 3 amide bonds. The molecule has 0 bridgehead atoms. The first-order chi connectivity index (χ1) is 34.9. The van der Waals surface area contributed by atoms with Crippen molar-refractivity contribution in [1.29, 1.82) is 0 Å². The molecular formula is C60H57Cl2N3O6. The van der Waals surface area contributed by atoms with Crippen LogP contribution in [0.25, 0.3) is 16.3 Å². The van der Waals surface area contributed by atoms with Crippen LogP contribution in [-0.4, -0.2) is 66.9 Å². The van der Waals surface area contributed by atoms with Crippen LogP contribution in [0.1, 0.15) is 79.0 Å². The number of alkyl carbamates (subject to hydrolysis) is 1. The van der Waals surface area contributed by atoms with Crippen molar-refractivity contribution in [3.05, 3.63) is 196 Å². The number of carbonyl (C=O) groups excluding carboxylic acids is 3. The van der Waals surface area contributed by atoms with Gasteiger partial charge >= 0.3 is 6.09 Å². The first-order valence-electron chi connectivity index (χ1n) is 25.0. The van der Waals surface area contributed by atoms with Crippen LogP contribution in [0.15, 0.2) is 173 Å². The number of benzene rings is 4. The molecule has 362 valence electrons. The van der Waals surface area contributed by atoms with Crippen molar-refractivity contribution in [2.45, 2.75) is 69.4 Å². The Kier molecular flexibility index (Phi) is 13.6. The lowest BCUT2D eigenvalue weighted by atomic mass is 9.76. The first kappa shape index (κ1) is 46.8. The Bertz CT molecular complexity index is 3040. The Morgan fingerprint density at radius 3 is 2.35 bits per heavy atom. The largest absolute Gasteiger partial charge is 0.489 e. The summed E-state index contributed by atoms with van der Waals surface area (Å²) in [5, 5.41) is 4.93. The van der Waals surface area contributed by atoms with Crippen molar-refractivity contribution in [2.75, 3.05) is 43.0 Å². The van der Waals surface area contributed by atoms with Gasteiger partial charge in [-0.05, 0) is 82.0 Å². The molecule has 0 radical (unpaired) electrons. The van der Waals surface area contributed by atoms with Crippen LogP contribution < -0.4 is 15.0 Å². The van der Waals surface area contributed by atoms with Gasteiger partial charge in [-0.1, -0.05) is 127 Å². The second-order valence-corrected chi connectivity index (χ2v) is 20.1. The molecule has 0 aromatic heterocycles. The van der Waals surface area contributed by atoms with Crippen LogP contribution in [0, 0.1) is 11.8 Å². The molecule has 2 aliphatic heterocycles. The molecular weight excluding hydrogens is 930 g/mol. The maximum absolute atomic E-state index is 15.0. The molecule has 2 heterocycles. The zero-order valence-electron chi connectivity index (χ0n) is 39.7. The highest BCUT2D eigenvalue weighted by atomic mass is 35.5. The SMILES string of the molecule is O=C(NC(CC(=O)N1C[C@@H](CCl)C2=C1C=C(OCC1=CCCC=C1)C1=CC=CCC12)CC(=O)N1C[C@@H](CCl)c2c1cc(OCc1ccccc1)c1ccccc21)OCC1C2=C(CCC=C2)c2ccccc21. The minimum absolute atomic E-state index is 0.0102. The molecule has 3 unspecified atom stereocenters. The van der Waals surface area contributed by atoms with E-state index >= 15 is 9.59 Å². The molecule has 5 atom stereocenters. The molecule has 11 rings (SSSR count). The van der Waals surface area contributed by atoms with Gasteiger partial charge in [0.2, 0.25) is 11.8 Å². The van der Waals surface area contributed by atoms with Gasteiger partial charge in [0.05, 0.1) is 5.69 Å². The highest BCUT2D eigenvalue weighted by Crippen LogP contribution is 2.50. The van der Waals surface area contributed by atoms with E-state index in [1.54, 1.807) is 9.80 Å². The first-order valence-corrected chi connectivity index (χ1v) is 26.1. The molecule has 71 heavy (non-hydrogen) atoms. The van der Waals surface area contributed by atoms with Gasteiger partial charge < -0.3 is 29.3 Å². The van der Waals surface area contributed by atoms with Gasteiger partial charge in [-0.15, -0.1) is 23.2 Å². The second-order valence-electron chi connectivity index (χ2n) is 19.4. The van der Waals surface area contributed by atoms with E-state index in [-0.39, 0.29) is 54.9 Å². The van der Waals surface area contributed by atoms with Gasteiger partial charge in [0.15, 0.2) is 0 Å². The summed E-state index contributed by atoms with van der Waals surface area (Å²) in [6, 6.07) is 27.4. The maximum atomic E-state index is 15.0. The number of fused-ring (bicyclic) bond motifs is 7. The fourth-order valence-corrected chi connectivity index (χ4v) is 12.3. The quantitative estimate of drug-likeness (QED) is 0.119. The summed E-state index contributed by atoms with van der Waals surface area (Å²) in [7, 11) is 0. The lowest BCUT2D eigenvalue weighted by Gasteiger charge is -2.32. The predicted octanol–water partition coefficient (Wildman–Crippen LogP) is 12.5. The van der Waals surface area contributed by atoms with Gasteiger partial charge in [-0.2, -0.15) is 0 Å². The number of rotatable bonds is 15. The molecule has 0 fully saturated rings. The van der Waals surface area contributed by atoms with E-state index in [9.17, 15) is 4.79 Å². The number of hydrogen-bond donors (Lipinski definition) is 1. The van der Waals surface area contributed by atoms with E-state index in [0.717, 1.165) is 87.7 Å². The summed E-state index contributed by atoms with van der Waals surface area (Å²) in [5.74, 6) is 1.19. The summed E-state index contributed by atoms with van der Waals surface area (Å²) in [6.07, 6.45) is 22.8. The smallest absolute Gasteiger partial charge is 0.407 e. The molecule has 1 N–H and O–H groups in total. The molecule has 5 aliphatic carbocycles. The van der Waals surface area contributed by atoms with Crippen LogP contribution in [0.5, 0.6) is 5.75 Å². The number of nitrogens with zero attached hydrogens (tertiary/aromatic N) is 2. The Morgan fingerprint density at radius 1 is 0.775 bits per heavy atom. The van der Waals surface area contributed by atoms with Crippen molar-refractivity contribution < 1.29 is 28.6 Å². The standard InChI is InChI=1S/C60H57Cl2N3O6/c61-31-40-33-64(52-29-54(69-35-38-15-3-1-4-16-38)47-23-11-13-25-49(47)58(40)52)56(66)27-42(63-60(68)71-37-51-45-21-9-7-19-43(45)44-20-8-10-22-46(44)51)28-57(67)65-34-41(32-62)59-50-26-14-12-24-48(50)55(30-53(59)65)70-36-39-17-5-2-6-18-39/h1,3-5,7,9-19,21-25,29-30,40-42,50-51H,2,6,8,20,26-28,31-37H2,(H,63,68)/t40-,41-,42?,50?,51?/m1/s1. The highest BCUT2D eigenvalue weighted by Gasteiger charge is 2.43. The van der Waals surface area contributed by atoms with E-state index < -0.39 is 12.1 Å². The lowest BCUT2D eigenvalue weighted by Crippen LogP contribution is -2.44. The minimum Gasteiger partial charge on any atom is -0.489 e. The molecule has 0 spiro atoms. The van der Waals surface area contributed by atoms with Crippen molar-refractivity contribution in [1.82, 2.24) is 10.2 Å². The number of ether oxygens (including phenoxy) is 3. The molecule has 9 nitrogen and oxygen atoms in total. The second kappa shape index (κ2) is 20.7. The normalized spacial score (nSPS) is 22.0. The van der Waals surface area contributed by atoms with Gasteiger partial charge in [-0.25, -0.2) is 4.79 Å². The van der Waals surface area contributed by atoms with Crippen molar-refractivity contribution >= 4 is 63.1 Å². The third kappa shape index (κ3) is 9.31. The number of carbonyl (C=O) groups is 3. The van der Waals surface area contributed by atoms with E-state index in [2.05, 4.69) is 72.1 Å². The minimum atomic E-state index is -0.920. The van der Waals surface area contributed by atoms with Crippen LogP contribution in [0.2, 0.25) is 0 Å². The van der Waals surface area contributed by atoms with Gasteiger partial charge in [-0.3, -0.25) is 9.59 Å². The summed E-state index contributed by atoms with van der Waals surface area (Å²) < 4.78 is 19.2. The zero-order valence-corrected chi connectivity index (χ0v) is 41.2. The van der Waals surface area contributed by atoms with Crippen molar-refractivity contribution in [2.24, 2.45) is 11.8 Å². The summed E-state index contributed by atoms with van der Waals surface area (Å²) in [5.41, 5.74) is 11.6. The number of allylic oxidation sites excluding steroid dienone is 10. The molecule has 4 aromatic rings. The Labute approximate surface area is 425 Å². The maximum Gasteiger partial charge on any atom is 0.407 e. The third-order valence-electron chi connectivity index (χ3n) is 15.1. The lowest BCUT2D eigenvalue weighted by molar-refractivity contribution is -0.129. The number of halogens is 2. The van der Waals surface area contributed by atoms with Crippen molar-refractivity contribution in [3.63, 3.8) is 0 Å². The Morgan fingerprint density at radius 2 is 1.54 bits per heavy atom.